The highest BCUT2D eigenvalue weighted by Crippen LogP contribution is 2.35. The highest BCUT2D eigenvalue weighted by Gasteiger charge is 2.68. The minimum absolute atomic E-state index is 0.185. The number of amidine groups is 1. The molecule has 0 saturated carbocycles. The van der Waals surface area contributed by atoms with Crippen molar-refractivity contribution < 1.29 is 9.50 Å². The zero-order chi connectivity index (χ0) is 15.3. The number of nitroso groups, excluding NO2 is 1. The summed E-state index contributed by atoms with van der Waals surface area (Å²) in [5.41, 5.74) is 0.134. The van der Waals surface area contributed by atoms with E-state index < -0.39 is 11.1 Å². The van der Waals surface area contributed by atoms with Gasteiger partial charge in [0.05, 0.1) is 0 Å². The third-order valence-corrected chi connectivity index (χ3v) is 4.54. The molecule has 0 spiro atoms. The van der Waals surface area contributed by atoms with Crippen molar-refractivity contribution in [3.63, 3.8) is 0 Å². The van der Waals surface area contributed by atoms with Crippen LogP contribution in [0.1, 0.15) is 33.3 Å². The molecule has 0 aromatic heterocycles. The van der Waals surface area contributed by atoms with E-state index >= 15 is 0 Å². The van der Waals surface area contributed by atoms with Gasteiger partial charge in [-0.3, -0.25) is 0 Å². The van der Waals surface area contributed by atoms with Crippen molar-refractivity contribution in [2.45, 2.75) is 38.8 Å². The van der Waals surface area contributed by atoms with Gasteiger partial charge in [0, 0.05) is 52.4 Å². The maximum absolute atomic E-state index is 12.5. The Morgan fingerprint density at radius 1 is 1.00 bits per heavy atom. The monoisotopic (exact) mass is 276 g/mol. The number of anilines is 1. The SMILES string of the molecule is CN(C)c1ccc(C2=[N+]([O-])C(C)(C)C(C)(C)[N+]2=O)cc1. The number of rotatable bonds is 2. The van der Waals surface area contributed by atoms with E-state index in [-0.39, 0.29) is 5.84 Å². The van der Waals surface area contributed by atoms with E-state index in [9.17, 15) is 10.1 Å². The molecule has 0 aliphatic carbocycles. The second kappa shape index (κ2) is 4.30. The summed E-state index contributed by atoms with van der Waals surface area (Å²) in [6, 6.07) is 7.44. The number of hydrogen-bond donors (Lipinski definition) is 0. The lowest BCUT2D eigenvalue weighted by molar-refractivity contribution is -0.555. The van der Waals surface area contributed by atoms with Gasteiger partial charge in [0.1, 0.15) is 10.3 Å². The van der Waals surface area contributed by atoms with Crippen LogP contribution in [0.2, 0.25) is 0 Å². The molecule has 0 atom stereocenters. The summed E-state index contributed by atoms with van der Waals surface area (Å²) in [5.74, 6) is 0.185. The summed E-state index contributed by atoms with van der Waals surface area (Å²) in [6.07, 6.45) is 0. The van der Waals surface area contributed by atoms with Crippen LogP contribution in [0.3, 0.4) is 0 Å². The van der Waals surface area contributed by atoms with Gasteiger partial charge in [0.2, 0.25) is 5.54 Å². The summed E-state index contributed by atoms with van der Waals surface area (Å²) in [7, 11) is 3.90. The van der Waals surface area contributed by atoms with E-state index in [2.05, 4.69) is 0 Å². The van der Waals surface area contributed by atoms with Crippen LogP contribution in [0.4, 0.5) is 5.69 Å². The molecule has 0 radical (unpaired) electrons. The summed E-state index contributed by atoms with van der Waals surface area (Å²) in [4.78, 5) is 14.5. The van der Waals surface area contributed by atoms with E-state index in [0.29, 0.717) is 5.56 Å². The fourth-order valence-electron chi connectivity index (χ4n) is 2.25. The second-order valence-electron chi connectivity index (χ2n) is 6.47. The van der Waals surface area contributed by atoms with Gasteiger partial charge in [-0.1, -0.05) is 0 Å². The average molecular weight is 276 g/mol. The van der Waals surface area contributed by atoms with E-state index in [1.54, 1.807) is 27.7 Å². The first-order valence-corrected chi connectivity index (χ1v) is 6.70. The maximum Gasteiger partial charge on any atom is 0.504 e. The molecular formula is C15H22N3O2+. The Kier molecular flexibility index (Phi) is 3.11. The zero-order valence-electron chi connectivity index (χ0n) is 13.0. The van der Waals surface area contributed by atoms with E-state index in [1.165, 1.54) is 0 Å². The van der Waals surface area contributed by atoms with Crippen LogP contribution in [-0.2, 0) is 0 Å². The Hall–Kier alpha value is -1.91. The fourth-order valence-corrected chi connectivity index (χ4v) is 2.25. The van der Waals surface area contributed by atoms with Gasteiger partial charge in [-0.05, 0) is 24.3 Å². The molecule has 1 heterocycles. The maximum atomic E-state index is 12.5. The summed E-state index contributed by atoms with van der Waals surface area (Å²) in [5, 5.41) is 12.5. The molecule has 1 aromatic rings. The van der Waals surface area contributed by atoms with Gasteiger partial charge >= 0.3 is 5.84 Å². The van der Waals surface area contributed by atoms with Crippen molar-refractivity contribution >= 4 is 11.5 Å². The summed E-state index contributed by atoms with van der Waals surface area (Å²) >= 11 is 0. The number of hydroxylamine groups is 1. The molecule has 20 heavy (non-hydrogen) atoms. The molecule has 0 bridgehead atoms. The smallest absolute Gasteiger partial charge is 0.504 e. The summed E-state index contributed by atoms with van der Waals surface area (Å²) in [6.45, 7) is 7.19. The minimum atomic E-state index is -0.774. The van der Waals surface area contributed by atoms with Crippen molar-refractivity contribution in [3.05, 3.63) is 39.9 Å². The van der Waals surface area contributed by atoms with Gasteiger partial charge in [0.25, 0.3) is 5.54 Å². The Morgan fingerprint density at radius 3 is 1.85 bits per heavy atom. The highest BCUT2D eigenvalue weighted by atomic mass is 16.5. The van der Waals surface area contributed by atoms with Crippen molar-refractivity contribution in [1.82, 2.24) is 0 Å². The number of hydrogen-bond acceptors (Lipinski definition) is 3. The third kappa shape index (κ3) is 1.80. The molecular weight excluding hydrogens is 254 g/mol. The molecule has 5 nitrogen and oxygen atoms in total. The molecule has 0 fully saturated rings. The van der Waals surface area contributed by atoms with Crippen LogP contribution in [0.5, 0.6) is 0 Å². The van der Waals surface area contributed by atoms with Crippen LogP contribution in [-0.4, -0.2) is 40.5 Å². The lowest BCUT2D eigenvalue weighted by Gasteiger charge is -2.22. The molecule has 0 unspecified atom stereocenters. The minimum Gasteiger partial charge on any atom is -0.618 e. The van der Waals surface area contributed by atoms with Crippen molar-refractivity contribution in [1.29, 1.82) is 0 Å². The molecule has 1 aliphatic heterocycles. The lowest BCUT2D eigenvalue weighted by atomic mass is 9.84. The first-order valence-electron chi connectivity index (χ1n) is 6.70. The standard InChI is InChI=1S/C15H22N3O2/c1-14(2)15(3,4)18(20)13(17(14)19)11-7-9-12(10-8-11)16(5)6/h7-10H,1-6H3/q+1. The van der Waals surface area contributed by atoms with Crippen LogP contribution >= 0.6 is 0 Å². The van der Waals surface area contributed by atoms with Crippen molar-refractivity contribution in [2.24, 2.45) is 0 Å². The van der Waals surface area contributed by atoms with Gasteiger partial charge in [0.15, 0.2) is 0 Å². The lowest BCUT2D eigenvalue weighted by Crippen LogP contribution is -2.50. The van der Waals surface area contributed by atoms with E-state index in [4.69, 9.17) is 0 Å². The first kappa shape index (κ1) is 14.5. The Balaban J connectivity index is 2.52. The normalized spacial score (nSPS) is 20.4. The molecule has 1 aliphatic rings. The van der Waals surface area contributed by atoms with E-state index in [1.807, 2.05) is 43.3 Å². The van der Waals surface area contributed by atoms with Crippen LogP contribution in [0.25, 0.3) is 0 Å². The fraction of sp³-hybridized carbons (Fsp3) is 0.533. The predicted molar refractivity (Wildman–Crippen MR) is 80.3 cm³/mol. The van der Waals surface area contributed by atoms with Crippen LogP contribution < -0.4 is 4.90 Å². The summed E-state index contributed by atoms with van der Waals surface area (Å²) < 4.78 is 1.68. The highest BCUT2D eigenvalue weighted by molar-refractivity contribution is 5.90. The van der Waals surface area contributed by atoms with Crippen LogP contribution in [0, 0.1) is 10.1 Å². The second-order valence-corrected chi connectivity index (χ2v) is 6.47. The van der Waals surface area contributed by atoms with E-state index in [0.717, 1.165) is 15.2 Å². The average Bonchev–Trinajstić information content (AvgIpc) is 2.49. The third-order valence-electron chi connectivity index (χ3n) is 4.54. The topological polar surface area (TPSA) is 49.4 Å². The molecule has 0 saturated heterocycles. The largest absolute Gasteiger partial charge is 0.618 e. The van der Waals surface area contributed by atoms with Crippen molar-refractivity contribution in [3.8, 4) is 0 Å². The van der Waals surface area contributed by atoms with Gasteiger partial charge < -0.3 is 10.1 Å². The first-order chi connectivity index (χ1) is 9.10. The van der Waals surface area contributed by atoms with Crippen molar-refractivity contribution in [2.75, 3.05) is 19.0 Å². The zero-order valence-corrected chi connectivity index (χ0v) is 13.0. The molecule has 2 rings (SSSR count). The van der Waals surface area contributed by atoms with Gasteiger partial charge in [-0.25, -0.2) is 0 Å². The molecule has 0 N–H and O–H groups in total. The Bertz CT molecular complexity index is 584. The number of nitrogens with zero attached hydrogens (tertiary/aromatic N) is 3. The van der Waals surface area contributed by atoms with Gasteiger partial charge in [-0.2, -0.15) is 0 Å². The van der Waals surface area contributed by atoms with Crippen LogP contribution in [0.15, 0.2) is 24.3 Å². The molecule has 1 aromatic carbocycles. The molecule has 0 amide bonds. The number of benzene rings is 1. The predicted octanol–water partition coefficient (Wildman–Crippen LogP) is 2.36. The Labute approximate surface area is 119 Å². The molecule has 108 valence electrons. The Morgan fingerprint density at radius 2 is 1.50 bits per heavy atom. The quantitative estimate of drug-likeness (QED) is 0.615. The molecule has 5 heteroatoms. The van der Waals surface area contributed by atoms with Gasteiger partial charge in [-0.15, -0.1) is 4.74 Å².